The molecule has 0 unspecified atom stereocenters. The summed E-state index contributed by atoms with van der Waals surface area (Å²) in [6, 6.07) is 3.06. The van der Waals surface area contributed by atoms with Gasteiger partial charge in [0.05, 0.1) is 18.5 Å². The van der Waals surface area contributed by atoms with Crippen LogP contribution in [0, 0.1) is 5.82 Å². The van der Waals surface area contributed by atoms with E-state index in [-0.39, 0.29) is 11.8 Å². The van der Waals surface area contributed by atoms with Crippen LogP contribution in [0.1, 0.15) is 13.8 Å². The van der Waals surface area contributed by atoms with Crippen LogP contribution in [0.15, 0.2) is 12.1 Å². The van der Waals surface area contributed by atoms with E-state index in [9.17, 15) is 4.39 Å². The molecule has 3 N–H and O–H groups in total. The fraction of sp³-hybridized carbons (Fsp3) is 0.400. The van der Waals surface area contributed by atoms with E-state index < -0.39 is 5.82 Å². The predicted molar refractivity (Wildman–Crippen MR) is 56.1 cm³/mol. The lowest BCUT2D eigenvalue weighted by Gasteiger charge is -2.14. The first kappa shape index (κ1) is 10.6. The van der Waals surface area contributed by atoms with E-state index in [1.165, 1.54) is 13.2 Å². The molecule has 0 atom stereocenters. The van der Waals surface area contributed by atoms with Gasteiger partial charge in [0.2, 0.25) is 0 Å². The van der Waals surface area contributed by atoms with Gasteiger partial charge >= 0.3 is 0 Å². The normalized spacial score (nSPS) is 10.4. The van der Waals surface area contributed by atoms with Crippen LogP contribution in [0.5, 0.6) is 5.75 Å². The summed E-state index contributed by atoms with van der Waals surface area (Å²) in [5.41, 5.74) is 6.71. The average Bonchev–Trinajstić information content (AvgIpc) is 2.09. The summed E-state index contributed by atoms with van der Waals surface area (Å²) in [4.78, 5) is 0. The van der Waals surface area contributed by atoms with E-state index in [1.807, 2.05) is 13.8 Å². The Bertz CT molecular complexity index is 326. The first-order valence-corrected chi connectivity index (χ1v) is 4.44. The third-order valence-electron chi connectivity index (χ3n) is 1.77. The van der Waals surface area contributed by atoms with Gasteiger partial charge in [0.15, 0.2) is 11.6 Å². The van der Waals surface area contributed by atoms with Crippen molar-refractivity contribution in [2.75, 3.05) is 18.2 Å². The molecule has 0 spiro atoms. The van der Waals surface area contributed by atoms with E-state index in [4.69, 9.17) is 10.5 Å². The fourth-order valence-corrected chi connectivity index (χ4v) is 1.16. The average molecular weight is 198 g/mol. The van der Waals surface area contributed by atoms with Crippen LogP contribution in [0.4, 0.5) is 15.8 Å². The van der Waals surface area contributed by atoms with E-state index in [1.54, 1.807) is 6.07 Å². The summed E-state index contributed by atoms with van der Waals surface area (Å²) in [5, 5.41) is 3.10. The molecule has 14 heavy (non-hydrogen) atoms. The van der Waals surface area contributed by atoms with E-state index in [2.05, 4.69) is 5.32 Å². The van der Waals surface area contributed by atoms with Crippen molar-refractivity contribution in [3.8, 4) is 5.75 Å². The second-order valence-corrected chi connectivity index (χ2v) is 3.37. The summed E-state index contributed by atoms with van der Waals surface area (Å²) >= 11 is 0. The first-order chi connectivity index (χ1) is 6.54. The SMILES string of the molecule is COc1cc(NC(C)C)c(N)cc1F. The topological polar surface area (TPSA) is 47.3 Å². The maximum absolute atomic E-state index is 13.1. The number of nitrogens with one attached hydrogen (secondary N) is 1. The Morgan fingerprint density at radius 2 is 2.07 bits per heavy atom. The number of hydrogen-bond acceptors (Lipinski definition) is 3. The Kier molecular flexibility index (Phi) is 3.17. The third-order valence-corrected chi connectivity index (χ3v) is 1.77. The lowest BCUT2D eigenvalue weighted by atomic mass is 10.2. The molecule has 0 saturated heterocycles. The van der Waals surface area contributed by atoms with Gasteiger partial charge in [0.1, 0.15) is 0 Å². The Morgan fingerprint density at radius 1 is 1.43 bits per heavy atom. The van der Waals surface area contributed by atoms with Crippen molar-refractivity contribution in [1.82, 2.24) is 0 Å². The fourth-order valence-electron chi connectivity index (χ4n) is 1.16. The molecule has 0 bridgehead atoms. The van der Waals surface area contributed by atoms with Crippen molar-refractivity contribution in [3.63, 3.8) is 0 Å². The predicted octanol–water partition coefficient (Wildman–Crippen LogP) is 2.24. The van der Waals surface area contributed by atoms with Gasteiger partial charge in [-0.05, 0) is 13.8 Å². The van der Waals surface area contributed by atoms with Crippen molar-refractivity contribution < 1.29 is 9.13 Å². The van der Waals surface area contributed by atoms with E-state index in [0.717, 1.165) is 0 Å². The molecule has 78 valence electrons. The number of ether oxygens (including phenoxy) is 1. The van der Waals surface area contributed by atoms with Crippen molar-refractivity contribution in [1.29, 1.82) is 0 Å². The van der Waals surface area contributed by atoms with Crippen LogP contribution in [0.2, 0.25) is 0 Å². The highest BCUT2D eigenvalue weighted by Gasteiger charge is 2.08. The van der Waals surface area contributed by atoms with Crippen LogP contribution in [-0.2, 0) is 0 Å². The van der Waals surface area contributed by atoms with Crippen LogP contribution >= 0.6 is 0 Å². The molecule has 0 aliphatic rings. The summed E-state index contributed by atoms with van der Waals surface area (Å²) in [5.74, 6) is -0.248. The molecular weight excluding hydrogens is 183 g/mol. The molecule has 0 fully saturated rings. The van der Waals surface area contributed by atoms with E-state index >= 15 is 0 Å². The second kappa shape index (κ2) is 4.17. The monoisotopic (exact) mass is 198 g/mol. The number of nitrogen functional groups attached to an aromatic ring is 1. The Morgan fingerprint density at radius 3 is 2.57 bits per heavy atom. The minimum atomic E-state index is -0.445. The smallest absolute Gasteiger partial charge is 0.167 e. The zero-order valence-corrected chi connectivity index (χ0v) is 8.60. The lowest BCUT2D eigenvalue weighted by Crippen LogP contribution is -2.11. The molecule has 1 aromatic carbocycles. The van der Waals surface area contributed by atoms with Gasteiger partial charge in [0, 0.05) is 18.2 Å². The minimum absolute atomic E-state index is 0.197. The van der Waals surface area contributed by atoms with Crippen molar-refractivity contribution in [3.05, 3.63) is 17.9 Å². The second-order valence-electron chi connectivity index (χ2n) is 3.37. The Balaban J connectivity index is 3.04. The number of methoxy groups -OCH3 is 1. The maximum Gasteiger partial charge on any atom is 0.167 e. The molecular formula is C10H15FN2O. The number of hydrogen-bond donors (Lipinski definition) is 2. The maximum atomic E-state index is 13.1. The molecule has 1 aromatic rings. The van der Waals surface area contributed by atoms with Crippen molar-refractivity contribution >= 4 is 11.4 Å². The van der Waals surface area contributed by atoms with Gasteiger partial charge in [-0.1, -0.05) is 0 Å². The number of rotatable bonds is 3. The molecule has 0 radical (unpaired) electrons. The number of anilines is 2. The number of benzene rings is 1. The van der Waals surface area contributed by atoms with Crippen LogP contribution in [-0.4, -0.2) is 13.2 Å². The highest BCUT2D eigenvalue weighted by atomic mass is 19.1. The van der Waals surface area contributed by atoms with Crippen molar-refractivity contribution in [2.24, 2.45) is 0 Å². The van der Waals surface area contributed by atoms with Gasteiger partial charge < -0.3 is 15.8 Å². The Labute approximate surface area is 83.1 Å². The third kappa shape index (κ3) is 2.28. The largest absolute Gasteiger partial charge is 0.494 e. The quantitative estimate of drug-likeness (QED) is 0.732. The zero-order valence-electron chi connectivity index (χ0n) is 8.60. The number of halogens is 1. The zero-order chi connectivity index (χ0) is 10.7. The van der Waals surface area contributed by atoms with Crippen LogP contribution in [0.25, 0.3) is 0 Å². The summed E-state index contributed by atoms with van der Waals surface area (Å²) in [6.07, 6.45) is 0. The van der Waals surface area contributed by atoms with Crippen molar-refractivity contribution in [2.45, 2.75) is 19.9 Å². The van der Waals surface area contributed by atoms with Gasteiger partial charge in [-0.2, -0.15) is 0 Å². The molecule has 0 aromatic heterocycles. The summed E-state index contributed by atoms with van der Waals surface area (Å²) < 4.78 is 18.0. The van der Waals surface area contributed by atoms with Gasteiger partial charge in [-0.25, -0.2) is 4.39 Å². The van der Waals surface area contributed by atoms with Crippen LogP contribution in [0.3, 0.4) is 0 Å². The molecule has 3 nitrogen and oxygen atoms in total. The molecule has 4 heteroatoms. The first-order valence-electron chi connectivity index (χ1n) is 4.44. The van der Waals surface area contributed by atoms with Gasteiger partial charge in [-0.15, -0.1) is 0 Å². The van der Waals surface area contributed by atoms with Gasteiger partial charge in [0.25, 0.3) is 0 Å². The highest BCUT2D eigenvalue weighted by Crippen LogP contribution is 2.28. The molecule has 0 saturated carbocycles. The van der Waals surface area contributed by atoms with Gasteiger partial charge in [-0.3, -0.25) is 0 Å². The molecule has 0 heterocycles. The summed E-state index contributed by atoms with van der Waals surface area (Å²) in [7, 11) is 1.42. The molecule has 0 aliphatic heterocycles. The minimum Gasteiger partial charge on any atom is -0.494 e. The Hall–Kier alpha value is -1.45. The highest BCUT2D eigenvalue weighted by molar-refractivity contribution is 5.68. The molecule has 1 rings (SSSR count). The summed E-state index contributed by atoms with van der Waals surface area (Å²) in [6.45, 7) is 3.96. The number of nitrogens with two attached hydrogens (primary N) is 1. The molecule has 0 aliphatic carbocycles. The standard InChI is InChI=1S/C10H15FN2O/c1-6(2)13-9-5-10(14-3)7(11)4-8(9)12/h4-6,13H,12H2,1-3H3. The van der Waals surface area contributed by atoms with E-state index in [0.29, 0.717) is 11.4 Å². The molecule has 0 amide bonds. The van der Waals surface area contributed by atoms with Crippen LogP contribution < -0.4 is 15.8 Å². The lowest BCUT2D eigenvalue weighted by molar-refractivity contribution is 0.387.